The van der Waals surface area contributed by atoms with Crippen LogP contribution in [0.5, 0.6) is 0 Å². The van der Waals surface area contributed by atoms with Gasteiger partial charge in [0.25, 0.3) is 0 Å². The van der Waals surface area contributed by atoms with Gasteiger partial charge in [0.05, 0.1) is 6.04 Å². The summed E-state index contributed by atoms with van der Waals surface area (Å²) in [5.41, 5.74) is 0. The van der Waals surface area contributed by atoms with Crippen molar-refractivity contribution in [3.8, 4) is 0 Å². The van der Waals surface area contributed by atoms with Crippen LogP contribution in [0.1, 0.15) is 38.5 Å². The number of piperidine rings is 1. The second kappa shape index (κ2) is 6.00. The standard InChI is InChI=1S/C12H21N3O2/c16-11-10(6-4-8-14-11)15-12(17)9-5-2-1-3-7-13-9/h9-10,13H,1-8H2,(H,14,16)(H,15,17). The molecule has 0 spiro atoms. The minimum atomic E-state index is -0.332. The van der Waals surface area contributed by atoms with Crippen molar-refractivity contribution in [3.05, 3.63) is 0 Å². The summed E-state index contributed by atoms with van der Waals surface area (Å²) < 4.78 is 0. The molecule has 96 valence electrons. The molecule has 3 N–H and O–H groups in total. The van der Waals surface area contributed by atoms with E-state index >= 15 is 0 Å². The van der Waals surface area contributed by atoms with Gasteiger partial charge in [0.1, 0.15) is 6.04 Å². The average molecular weight is 239 g/mol. The molecule has 0 aromatic carbocycles. The number of hydrogen-bond acceptors (Lipinski definition) is 3. The van der Waals surface area contributed by atoms with Crippen molar-refractivity contribution in [1.29, 1.82) is 0 Å². The van der Waals surface area contributed by atoms with E-state index in [1.54, 1.807) is 0 Å². The van der Waals surface area contributed by atoms with E-state index in [0.717, 1.165) is 45.2 Å². The predicted molar refractivity (Wildman–Crippen MR) is 64.4 cm³/mol. The molecule has 2 aliphatic rings. The average Bonchev–Trinajstić information content (AvgIpc) is 2.61. The minimum Gasteiger partial charge on any atom is -0.354 e. The first-order valence-corrected chi connectivity index (χ1v) is 6.59. The summed E-state index contributed by atoms with van der Waals surface area (Å²) in [7, 11) is 0. The molecule has 2 saturated heterocycles. The molecule has 2 heterocycles. The van der Waals surface area contributed by atoms with Crippen LogP contribution < -0.4 is 16.0 Å². The van der Waals surface area contributed by atoms with E-state index in [1.165, 1.54) is 6.42 Å². The van der Waals surface area contributed by atoms with Gasteiger partial charge in [-0.25, -0.2) is 0 Å². The maximum Gasteiger partial charge on any atom is 0.242 e. The number of rotatable bonds is 2. The van der Waals surface area contributed by atoms with Crippen molar-refractivity contribution in [2.75, 3.05) is 13.1 Å². The van der Waals surface area contributed by atoms with E-state index < -0.39 is 0 Å². The molecule has 0 aromatic heterocycles. The monoisotopic (exact) mass is 239 g/mol. The fraction of sp³-hybridized carbons (Fsp3) is 0.833. The normalized spacial score (nSPS) is 30.2. The van der Waals surface area contributed by atoms with Crippen LogP contribution in [0.4, 0.5) is 0 Å². The van der Waals surface area contributed by atoms with Gasteiger partial charge in [0.2, 0.25) is 11.8 Å². The fourth-order valence-electron chi connectivity index (χ4n) is 2.43. The molecule has 0 bridgehead atoms. The zero-order valence-corrected chi connectivity index (χ0v) is 10.1. The van der Waals surface area contributed by atoms with Crippen LogP contribution in [0.3, 0.4) is 0 Å². The third-order valence-corrected chi connectivity index (χ3v) is 3.48. The Bertz CT molecular complexity index is 285. The molecule has 2 amide bonds. The van der Waals surface area contributed by atoms with Crippen LogP contribution in [-0.2, 0) is 9.59 Å². The summed E-state index contributed by atoms with van der Waals surface area (Å²) >= 11 is 0. The number of hydrogen-bond donors (Lipinski definition) is 3. The fourth-order valence-corrected chi connectivity index (χ4v) is 2.43. The highest BCUT2D eigenvalue weighted by Gasteiger charge is 2.27. The molecule has 5 heteroatoms. The quantitative estimate of drug-likeness (QED) is 0.631. The molecular weight excluding hydrogens is 218 g/mol. The van der Waals surface area contributed by atoms with Gasteiger partial charge in [0, 0.05) is 6.54 Å². The second-order valence-electron chi connectivity index (χ2n) is 4.85. The largest absolute Gasteiger partial charge is 0.354 e. The molecule has 0 aromatic rings. The molecule has 0 aliphatic carbocycles. The number of nitrogens with one attached hydrogen (secondary N) is 3. The van der Waals surface area contributed by atoms with Crippen molar-refractivity contribution in [1.82, 2.24) is 16.0 Å². The highest BCUT2D eigenvalue weighted by Crippen LogP contribution is 2.10. The van der Waals surface area contributed by atoms with Crippen molar-refractivity contribution >= 4 is 11.8 Å². The Labute approximate surface area is 102 Å². The molecule has 0 radical (unpaired) electrons. The highest BCUT2D eigenvalue weighted by atomic mass is 16.2. The molecule has 2 unspecified atom stereocenters. The van der Waals surface area contributed by atoms with Gasteiger partial charge in [0.15, 0.2) is 0 Å². The van der Waals surface area contributed by atoms with Gasteiger partial charge in [-0.05, 0) is 32.2 Å². The zero-order valence-electron chi connectivity index (χ0n) is 10.1. The van der Waals surface area contributed by atoms with Crippen LogP contribution in [0, 0.1) is 0 Å². The van der Waals surface area contributed by atoms with E-state index in [0.29, 0.717) is 0 Å². The van der Waals surface area contributed by atoms with Crippen molar-refractivity contribution < 1.29 is 9.59 Å². The lowest BCUT2D eigenvalue weighted by molar-refractivity contribution is -0.131. The Kier molecular flexibility index (Phi) is 4.36. The summed E-state index contributed by atoms with van der Waals surface area (Å²) in [6.07, 6.45) is 5.97. The molecule has 2 rings (SSSR count). The maximum absolute atomic E-state index is 12.0. The van der Waals surface area contributed by atoms with Gasteiger partial charge in [-0.15, -0.1) is 0 Å². The summed E-state index contributed by atoms with van der Waals surface area (Å²) in [5, 5.41) is 8.87. The van der Waals surface area contributed by atoms with Crippen LogP contribution in [0.15, 0.2) is 0 Å². The van der Waals surface area contributed by atoms with Gasteiger partial charge in [-0.3, -0.25) is 9.59 Å². The third kappa shape index (κ3) is 3.43. The highest BCUT2D eigenvalue weighted by molar-refractivity contribution is 5.90. The first kappa shape index (κ1) is 12.4. The molecular formula is C12H21N3O2. The SMILES string of the molecule is O=C(NC1CCCNC1=O)C1CCCCCN1. The van der Waals surface area contributed by atoms with E-state index in [4.69, 9.17) is 0 Å². The van der Waals surface area contributed by atoms with E-state index in [9.17, 15) is 9.59 Å². The van der Waals surface area contributed by atoms with Crippen LogP contribution in [0.2, 0.25) is 0 Å². The van der Waals surface area contributed by atoms with E-state index in [2.05, 4.69) is 16.0 Å². The lowest BCUT2D eigenvalue weighted by Crippen LogP contribution is -2.54. The molecule has 17 heavy (non-hydrogen) atoms. The molecule has 5 nitrogen and oxygen atoms in total. The Morgan fingerprint density at radius 3 is 2.82 bits per heavy atom. The van der Waals surface area contributed by atoms with Crippen LogP contribution in [0.25, 0.3) is 0 Å². The number of carbonyl (C=O) groups is 2. The van der Waals surface area contributed by atoms with Gasteiger partial charge < -0.3 is 16.0 Å². The molecule has 2 atom stereocenters. The van der Waals surface area contributed by atoms with Gasteiger partial charge >= 0.3 is 0 Å². The van der Waals surface area contributed by atoms with Crippen LogP contribution in [-0.4, -0.2) is 37.0 Å². The number of carbonyl (C=O) groups excluding carboxylic acids is 2. The predicted octanol–water partition coefficient (Wildman–Crippen LogP) is -0.0866. The lowest BCUT2D eigenvalue weighted by Gasteiger charge is -2.25. The van der Waals surface area contributed by atoms with Crippen LogP contribution >= 0.6 is 0 Å². The number of amides is 2. The molecule has 2 aliphatic heterocycles. The summed E-state index contributed by atoms with van der Waals surface area (Å²) in [6.45, 7) is 1.63. The van der Waals surface area contributed by atoms with Crippen molar-refractivity contribution in [2.45, 2.75) is 50.6 Å². The maximum atomic E-state index is 12.0. The van der Waals surface area contributed by atoms with Crippen molar-refractivity contribution in [2.24, 2.45) is 0 Å². The van der Waals surface area contributed by atoms with E-state index in [1.807, 2.05) is 0 Å². The Balaban J connectivity index is 1.84. The minimum absolute atomic E-state index is 0.0195. The molecule has 0 saturated carbocycles. The second-order valence-corrected chi connectivity index (χ2v) is 4.85. The summed E-state index contributed by atoms with van der Waals surface area (Å²) in [4.78, 5) is 23.5. The third-order valence-electron chi connectivity index (χ3n) is 3.48. The van der Waals surface area contributed by atoms with Gasteiger partial charge in [-0.1, -0.05) is 12.8 Å². The lowest BCUT2D eigenvalue weighted by atomic mass is 10.1. The Morgan fingerprint density at radius 2 is 2.00 bits per heavy atom. The Hall–Kier alpha value is -1.10. The van der Waals surface area contributed by atoms with Gasteiger partial charge in [-0.2, -0.15) is 0 Å². The molecule has 2 fully saturated rings. The van der Waals surface area contributed by atoms with E-state index in [-0.39, 0.29) is 23.9 Å². The van der Waals surface area contributed by atoms with Crippen molar-refractivity contribution in [3.63, 3.8) is 0 Å². The topological polar surface area (TPSA) is 70.2 Å². The first-order valence-electron chi connectivity index (χ1n) is 6.59. The first-order chi connectivity index (χ1) is 8.27. The zero-order chi connectivity index (χ0) is 12.1. The summed E-state index contributed by atoms with van der Waals surface area (Å²) in [5.74, 6) is -0.0628. The smallest absolute Gasteiger partial charge is 0.242 e. The summed E-state index contributed by atoms with van der Waals surface area (Å²) in [6, 6.07) is -0.450. The Morgan fingerprint density at radius 1 is 1.12 bits per heavy atom.